The van der Waals surface area contributed by atoms with Gasteiger partial charge in [0.1, 0.15) is 11.6 Å². The molecule has 1 unspecified atom stereocenters. The Balaban J connectivity index is 1.80. The Morgan fingerprint density at radius 1 is 1.17 bits per heavy atom. The minimum Gasteiger partial charge on any atom is -0.348 e. The lowest BCUT2D eigenvalue weighted by Gasteiger charge is -2.23. The third-order valence-corrected chi connectivity index (χ3v) is 4.34. The van der Waals surface area contributed by atoms with E-state index < -0.39 is 5.82 Å². The maximum absolute atomic E-state index is 14.5. The molecule has 2 aromatic rings. The van der Waals surface area contributed by atoms with Gasteiger partial charge < -0.3 is 10.6 Å². The summed E-state index contributed by atoms with van der Waals surface area (Å²) >= 11 is 0. The molecule has 1 aliphatic heterocycles. The van der Waals surface area contributed by atoms with Crippen LogP contribution >= 0.6 is 0 Å². The summed E-state index contributed by atoms with van der Waals surface area (Å²) in [7, 11) is 0. The smallest absolute Gasteiger partial charge is 0.251 e. The molecule has 3 rings (SSSR count). The van der Waals surface area contributed by atoms with Crippen LogP contribution in [0.1, 0.15) is 28.8 Å². The quantitative estimate of drug-likeness (QED) is 0.905. The average Bonchev–Trinajstić information content (AvgIpc) is 2.56. The number of carbonyl (C=O) groups is 1. The molecule has 2 aromatic carbocycles. The Labute approximate surface area is 140 Å². The van der Waals surface area contributed by atoms with Crippen LogP contribution in [0.25, 0.3) is 11.1 Å². The number of amides is 1. The maximum atomic E-state index is 14.5. The molecule has 3 nitrogen and oxygen atoms in total. The van der Waals surface area contributed by atoms with Crippen molar-refractivity contribution in [1.29, 1.82) is 0 Å². The van der Waals surface area contributed by atoms with E-state index in [0.717, 1.165) is 25.9 Å². The molecule has 1 saturated heterocycles. The number of halogens is 2. The van der Waals surface area contributed by atoms with Crippen LogP contribution in [-0.4, -0.2) is 25.0 Å². The molecule has 24 heavy (non-hydrogen) atoms. The van der Waals surface area contributed by atoms with E-state index >= 15 is 0 Å². The molecule has 1 heterocycles. The summed E-state index contributed by atoms with van der Waals surface area (Å²) in [5, 5.41) is 6.15. The summed E-state index contributed by atoms with van der Waals surface area (Å²) in [6, 6.07) is 8.72. The minimum absolute atomic E-state index is 0.0772. The van der Waals surface area contributed by atoms with Crippen LogP contribution in [0.4, 0.5) is 8.78 Å². The molecule has 126 valence electrons. The van der Waals surface area contributed by atoms with Crippen molar-refractivity contribution < 1.29 is 13.6 Å². The van der Waals surface area contributed by atoms with Gasteiger partial charge in [-0.25, -0.2) is 8.78 Å². The second-order valence-corrected chi connectivity index (χ2v) is 6.17. The van der Waals surface area contributed by atoms with Gasteiger partial charge in [0.2, 0.25) is 0 Å². The summed E-state index contributed by atoms with van der Waals surface area (Å²) in [5.41, 5.74) is 1.93. The molecule has 1 atom stereocenters. The van der Waals surface area contributed by atoms with E-state index in [-0.39, 0.29) is 17.8 Å². The Kier molecular flexibility index (Phi) is 4.90. The molecular formula is C19H20F2N2O. The zero-order chi connectivity index (χ0) is 17.1. The summed E-state index contributed by atoms with van der Waals surface area (Å²) in [6.07, 6.45) is 1.94. The zero-order valence-electron chi connectivity index (χ0n) is 13.5. The first kappa shape index (κ1) is 16.6. The van der Waals surface area contributed by atoms with Crippen molar-refractivity contribution in [3.8, 4) is 11.1 Å². The van der Waals surface area contributed by atoms with Gasteiger partial charge in [-0.1, -0.05) is 12.1 Å². The van der Waals surface area contributed by atoms with Gasteiger partial charge in [-0.05, 0) is 61.7 Å². The largest absolute Gasteiger partial charge is 0.348 e. The SMILES string of the molecule is Cc1cc(F)ccc1-c1ccc(C(=O)NC2CCCNC2)cc1F. The summed E-state index contributed by atoms with van der Waals surface area (Å²) in [6.45, 7) is 3.43. The molecule has 0 aromatic heterocycles. The van der Waals surface area contributed by atoms with Crippen LogP contribution in [0.2, 0.25) is 0 Å². The van der Waals surface area contributed by atoms with Crippen molar-refractivity contribution >= 4 is 5.91 Å². The number of nitrogens with one attached hydrogen (secondary N) is 2. The van der Waals surface area contributed by atoms with E-state index in [1.54, 1.807) is 25.1 Å². The van der Waals surface area contributed by atoms with Gasteiger partial charge in [0, 0.05) is 23.7 Å². The average molecular weight is 330 g/mol. The van der Waals surface area contributed by atoms with Gasteiger partial charge >= 0.3 is 0 Å². The molecular weight excluding hydrogens is 310 g/mol. The van der Waals surface area contributed by atoms with Crippen molar-refractivity contribution in [2.75, 3.05) is 13.1 Å². The van der Waals surface area contributed by atoms with Gasteiger partial charge in [-0.2, -0.15) is 0 Å². The Hall–Kier alpha value is -2.27. The number of piperidine rings is 1. The Morgan fingerprint density at radius 2 is 1.96 bits per heavy atom. The van der Waals surface area contributed by atoms with Crippen molar-refractivity contribution in [1.82, 2.24) is 10.6 Å². The third kappa shape index (κ3) is 3.62. The second-order valence-electron chi connectivity index (χ2n) is 6.17. The molecule has 1 fully saturated rings. The number of benzene rings is 2. The van der Waals surface area contributed by atoms with Crippen molar-refractivity contribution in [2.24, 2.45) is 0 Å². The van der Waals surface area contributed by atoms with E-state index in [2.05, 4.69) is 10.6 Å². The van der Waals surface area contributed by atoms with E-state index in [0.29, 0.717) is 22.3 Å². The molecule has 0 bridgehead atoms. The van der Waals surface area contributed by atoms with Gasteiger partial charge in [-0.3, -0.25) is 4.79 Å². The van der Waals surface area contributed by atoms with Crippen molar-refractivity contribution in [3.63, 3.8) is 0 Å². The molecule has 2 N–H and O–H groups in total. The van der Waals surface area contributed by atoms with E-state index in [9.17, 15) is 13.6 Å². The topological polar surface area (TPSA) is 41.1 Å². The molecule has 1 amide bonds. The highest BCUT2D eigenvalue weighted by Gasteiger charge is 2.18. The van der Waals surface area contributed by atoms with E-state index in [1.807, 2.05) is 0 Å². The fourth-order valence-electron chi connectivity index (χ4n) is 3.05. The first-order valence-corrected chi connectivity index (χ1v) is 8.12. The van der Waals surface area contributed by atoms with Crippen molar-refractivity contribution in [3.05, 3.63) is 59.2 Å². The first-order valence-electron chi connectivity index (χ1n) is 8.12. The van der Waals surface area contributed by atoms with E-state index in [1.165, 1.54) is 18.2 Å². The second kappa shape index (κ2) is 7.09. The van der Waals surface area contributed by atoms with Crippen LogP contribution in [0.15, 0.2) is 36.4 Å². The summed E-state index contributed by atoms with van der Waals surface area (Å²) in [5.74, 6) is -1.11. The Bertz CT molecular complexity index is 755. The van der Waals surface area contributed by atoms with Crippen LogP contribution in [-0.2, 0) is 0 Å². The van der Waals surface area contributed by atoms with Gasteiger partial charge in [0.15, 0.2) is 0 Å². The first-order chi connectivity index (χ1) is 11.5. The van der Waals surface area contributed by atoms with Crippen LogP contribution in [0.3, 0.4) is 0 Å². The lowest BCUT2D eigenvalue weighted by Crippen LogP contribution is -2.45. The summed E-state index contributed by atoms with van der Waals surface area (Å²) < 4.78 is 27.7. The highest BCUT2D eigenvalue weighted by atomic mass is 19.1. The minimum atomic E-state index is -0.487. The van der Waals surface area contributed by atoms with Gasteiger partial charge in [-0.15, -0.1) is 0 Å². The number of aryl methyl sites for hydroxylation is 1. The molecule has 5 heteroatoms. The molecule has 0 saturated carbocycles. The standard InChI is InChI=1S/C19H20F2N2O/c1-12-9-14(20)5-7-16(12)17-6-4-13(10-18(17)21)19(24)23-15-3-2-8-22-11-15/h4-7,9-10,15,22H,2-3,8,11H2,1H3,(H,23,24). The monoisotopic (exact) mass is 330 g/mol. The zero-order valence-corrected chi connectivity index (χ0v) is 13.5. The third-order valence-electron chi connectivity index (χ3n) is 4.34. The molecule has 0 radical (unpaired) electrons. The molecule has 0 spiro atoms. The highest BCUT2D eigenvalue weighted by Crippen LogP contribution is 2.27. The van der Waals surface area contributed by atoms with Crippen LogP contribution < -0.4 is 10.6 Å². The highest BCUT2D eigenvalue weighted by molar-refractivity contribution is 5.95. The van der Waals surface area contributed by atoms with Crippen molar-refractivity contribution in [2.45, 2.75) is 25.8 Å². The fraction of sp³-hybridized carbons (Fsp3) is 0.316. The number of hydrogen-bond acceptors (Lipinski definition) is 2. The van der Waals surface area contributed by atoms with Gasteiger partial charge in [0.25, 0.3) is 5.91 Å². The Morgan fingerprint density at radius 3 is 2.62 bits per heavy atom. The maximum Gasteiger partial charge on any atom is 0.251 e. The fourth-order valence-corrected chi connectivity index (χ4v) is 3.05. The van der Waals surface area contributed by atoms with E-state index in [4.69, 9.17) is 0 Å². The molecule has 0 aliphatic carbocycles. The lowest BCUT2D eigenvalue weighted by atomic mass is 9.98. The summed E-state index contributed by atoms with van der Waals surface area (Å²) in [4.78, 5) is 12.3. The van der Waals surface area contributed by atoms with Crippen LogP contribution in [0, 0.1) is 18.6 Å². The number of rotatable bonds is 3. The predicted molar refractivity (Wildman–Crippen MR) is 89.9 cm³/mol. The molecule has 1 aliphatic rings. The predicted octanol–water partition coefficient (Wildman–Crippen LogP) is 3.42. The number of carbonyl (C=O) groups excluding carboxylic acids is 1. The van der Waals surface area contributed by atoms with Crippen LogP contribution in [0.5, 0.6) is 0 Å². The number of hydrogen-bond donors (Lipinski definition) is 2. The lowest BCUT2D eigenvalue weighted by molar-refractivity contribution is 0.0930. The normalized spacial score (nSPS) is 17.5. The van der Waals surface area contributed by atoms with Gasteiger partial charge in [0.05, 0.1) is 0 Å².